The zero-order valence-corrected chi connectivity index (χ0v) is 8.03. The lowest BCUT2D eigenvalue weighted by Gasteiger charge is -2.11. The monoisotopic (exact) mass is 217 g/mol. The summed E-state index contributed by atoms with van der Waals surface area (Å²) in [6, 6.07) is 2.42. The first kappa shape index (κ1) is 11.8. The first-order valence-corrected chi connectivity index (χ1v) is 4.18. The summed E-state index contributed by atoms with van der Waals surface area (Å²) in [6.45, 7) is 4.99. The Labute approximate surface area is 85.2 Å². The summed E-state index contributed by atoms with van der Waals surface area (Å²) < 4.78 is 49.8. The molecule has 81 valence electrons. The van der Waals surface area contributed by atoms with Crippen LogP contribution in [0.4, 0.5) is 17.6 Å². The molecule has 1 aromatic rings. The normalized spacial score (nSPS) is 11.9. The van der Waals surface area contributed by atoms with Crippen molar-refractivity contribution >= 4 is 0 Å². The van der Waals surface area contributed by atoms with Crippen LogP contribution in [0.3, 0.4) is 0 Å². The van der Waals surface area contributed by atoms with Crippen LogP contribution in [0.25, 0.3) is 0 Å². The Morgan fingerprint density at radius 2 is 1.87 bits per heavy atom. The second kappa shape index (κ2) is 4.04. The number of rotatable bonds is 2. The van der Waals surface area contributed by atoms with Crippen LogP contribution in [0, 0.1) is 11.7 Å². The predicted octanol–water partition coefficient (Wildman–Crippen LogP) is 3.97. The largest absolute Gasteiger partial charge is 0.416 e. The molecular weight excluding hydrogens is 208 g/mol. The average Bonchev–Trinajstić information content (AvgIpc) is 2.14. The molecule has 0 saturated carbocycles. The molecule has 0 aliphatic rings. The quantitative estimate of drug-likeness (QED) is 0.657. The van der Waals surface area contributed by atoms with E-state index in [1.807, 2.05) is 0 Å². The van der Waals surface area contributed by atoms with Crippen molar-refractivity contribution in [2.75, 3.05) is 0 Å². The van der Waals surface area contributed by atoms with E-state index in [4.69, 9.17) is 0 Å². The van der Waals surface area contributed by atoms with E-state index in [-0.39, 0.29) is 5.56 Å². The van der Waals surface area contributed by atoms with E-state index in [0.29, 0.717) is 12.0 Å². The summed E-state index contributed by atoms with van der Waals surface area (Å²) in [7, 11) is 0. The van der Waals surface area contributed by atoms with Gasteiger partial charge in [-0.05, 0) is 23.8 Å². The maximum atomic E-state index is 12.9. The zero-order valence-electron chi connectivity index (χ0n) is 8.03. The van der Waals surface area contributed by atoms with Crippen LogP contribution in [-0.4, -0.2) is 0 Å². The Hall–Kier alpha value is -1.32. The molecule has 15 heavy (non-hydrogen) atoms. The molecular formula is C11H9F4. The molecule has 0 heterocycles. The highest BCUT2D eigenvalue weighted by atomic mass is 19.4. The Kier molecular flexibility index (Phi) is 3.17. The lowest BCUT2D eigenvalue weighted by Crippen LogP contribution is -2.07. The Morgan fingerprint density at radius 3 is 2.33 bits per heavy atom. The smallest absolute Gasteiger partial charge is 0.207 e. The minimum absolute atomic E-state index is 0.192. The number of hydrogen-bond donors (Lipinski definition) is 0. The molecule has 1 aromatic carbocycles. The highest BCUT2D eigenvalue weighted by Crippen LogP contribution is 2.31. The van der Waals surface area contributed by atoms with E-state index in [1.165, 1.54) is 6.08 Å². The van der Waals surface area contributed by atoms with E-state index >= 15 is 0 Å². The molecule has 4 heteroatoms. The fourth-order valence-electron chi connectivity index (χ4n) is 1.10. The lowest BCUT2D eigenvalue weighted by atomic mass is 9.99. The third kappa shape index (κ3) is 2.81. The first-order chi connectivity index (χ1) is 6.84. The van der Waals surface area contributed by atoms with E-state index in [9.17, 15) is 17.6 Å². The van der Waals surface area contributed by atoms with Gasteiger partial charge in [-0.2, -0.15) is 13.2 Å². The number of halogens is 4. The predicted molar refractivity (Wildman–Crippen MR) is 49.6 cm³/mol. The van der Waals surface area contributed by atoms with E-state index < -0.39 is 17.6 Å². The molecule has 0 atom stereocenters. The Bertz CT molecular complexity index is 365. The number of benzene rings is 1. The summed E-state index contributed by atoms with van der Waals surface area (Å²) in [5.41, 5.74) is -0.795. The fourth-order valence-corrected chi connectivity index (χ4v) is 1.10. The van der Waals surface area contributed by atoms with Gasteiger partial charge in [0.15, 0.2) is 0 Å². The molecule has 0 aliphatic heterocycles. The van der Waals surface area contributed by atoms with Gasteiger partial charge in [-0.3, -0.25) is 0 Å². The minimum Gasteiger partial charge on any atom is -0.207 e. The number of hydrogen-bond acceptors (Lipinski definition) is 0. The summed E-state index contributed by atoms with van der Waals surface area (Å²) in [5, 5.41) is 0. The summed E-state index contributed by atoms with van der Waals surface area (Å²) in [6.07, 6.45) is -3.15. The van der Waals surface area contributed by atoms with Crippen molar-refractivity contribution in [3.05, 3.63) is 53.7 Å². The van der Waals surface area contributed by atoms with Crippen molar-refractivity contribution in [1.82, 2.24) is 0 Å². The first-order valence-electron chi connectivity index (χ1n) is 4.18. The van der Waals surface area contributed by atoms with Crippen LogP contribution in [-0.2, 0) is 6.18 Å². The van der Waals surface area contributed by atoms with Gasteiger partial charge in [0, 0.05) is 5.92 Å². The third-order valence-electron chi connectivity index (χ3n) is 1.99. The molecule has 0 aliphatic carbocycles. The zero-order chi connectivity index (χ0) is 11.6. The highest BCUT2D eigenvalue weighted by Gasteiger charge is 2.31. The van der Waals surface area contributed by atoms with Crippen molar-refractivity contribution in [3.63, 3.8) is 0 Å². The molecule has 0 saturated heterocycles. The number of alkyl halides is 3. The standard InChI is InChI=1S/C11H9F4/c1-3-7(2)8-4-9(11(13,14)15)6-10(12)5-8/h3-6H,1H2,2H3. The SMILES string of the molecule is C=C[C](C)c1cc(F)cc(C(F)(F)F)c1. The summed E-state index contributed by atoms with van der Waals surface area (Å²) in [5.74, 6) is -0.402. The van der Waals surface area contributed by atoms with E-state index in [2.05, 4.69) is 6.58 Å². The van der Waals surface area contributed by atoms with Crippen molar-refractivity contribution in [1.29, 1.82) is 0 Å². The molecule has 0 unspecified atom stereocenters. The van der Waals surface area contributed by atoms with Crippen molar-refractivity contribution in [2.24, 2.45) is 0 Å². The van der Waals surface area contributed by atoms with Crippen molar-refractivity contribution in [2.45, 2.75) is 13.1 Å². The Balaban J connectivity index is 3.22. The second-order valence-corrected chi connectivity index (χ2v) is 3.11. The summed E-state index contributed by atoms with van der Waals surface area (Å²) >= 11 is 0. The average molecular weight is 217 g/mol. The second-order valence-electron chi connectivity index (χ2n) is 3.11. The maximum absolute atomic E-state index is 12.9. The van der Waals surface area contributed by atoms with Gasteiger partial charge in [-0.25, -0.2) is 4.39 Å². The van der Waals surface area contributed by atoms with Crippen molar-refractivity contribution in [3.8, 4) is 0 Å². The fraction of sp³-hybridized carbons (Fsp3) is 0.182. The molecule has 1 rings (SSSR count). The van der Waals surface area contributed by atoms with Crippen LogP contribution in [0.5, 0.6) is 0 Å². The number of allylic oxidation sites excluding steroid dienone is 1. The van der Waals surface area contributed by atoms with Crippen LogP contribution >= 0.6 is 0 Å². The van der Waals surface area contributed by atoms with Crippen LogP contribution in [0.15, 0.2) is 30.9 Å². The van der Waals surface area contributed by atoms with Gasteiger partial charge in [-0.15, -0.1) is 6.58 Å². The van der Waals surface area contributed by atoms with Gasteiger partial charge >= 0.3 is 6.18 Å². The molecule has 1 radical (unpaired) electrons. The lowest BCUT2D eigenvalue weighted by molar-refractivity contribution is -0.137. The van der Waals surface area contributed by atoms with Gasteiger partial charge in [-0.1, -0.05) is 13.0 Å². The van der Waals surface area contributed by atoms with Gasteiger partial charge < -0.3 is 0 Å². The van der Waals surface area contributed by atoms with Crippen LogP contribution < -0.4 is 0 Å². The molecule has 0 nitrogen and oxygen atoms in total. The third-order valence-corrected chi connectivity index (χ3v) is 1.99. The summed E-state index contributed by atoms with van der Waals surface area (Å²) in [4.78, 5) is 0. The van der Waals surface area contributed by atoms with Crippen LogP contribution in [0.2, 0.25) is 0 Å². The van der Waals surface area contributed by atoms with E-state index in [1.54, 1.807) is 6.92 Å². The van der Waals surface area contributed by atoms with Gasteiger partial charge in [0.2, 0.25) is 0 Å². The van der Waals surface area contributed by atoms with Gasteiger partial charge in [0.05, 0.1) is 5.56 Å². The van der Waals surface area contributed by atoms with E-state index in [0.717, 1.165) is 12.1 Å². The molecule has 0 N–H and O–H groups in total. The Morgan fingerprint density at radius 1 is 1.27 bits per heavy atom. The molecule has 0 aromatic heterocycles. The maximum Gasteiger partial charge on any atom is 0.416 e. The van der Waals surface area contributed by atoms with Crippen LogP contribution in [0.1, 0.15) is 18.1 Å². The van der Waals surface area contributed by atoms with Gasteiger partial charge in [0.25, 0.3) is 0 Å². The molecule has 0 spiro atoms. The van der Waals surface area contributed by atoms with Crippen molar-refractivity contribution < 1.29 is 17.6 Å². The van der Waals surface area contributed by atoms with Gasteiger partial charge in [0.1, 0.15) is 5.82 Å². The highest BCUT2D eigenvalue weighted by molar-refractivity contribution is 5.39. The molecule has 0 bridgehead atoms. The minimum atomic E-state index is -4.53. The molecule has 0 amide bonds. The molecule has 0 fully saturated rings. The topological polar surface area (TPSA) is 0 Å².